The molecule has 2 atom stereocenters. The van der Waals surface area contributed by atoms with E-state index in [0.29, 0.717) is 24.5 Å². The third kappa shape index (κ3) is 3.93. The van der Waals surface area contributed by atoms with Gasteiger partial charge in [-0.2, -0.15) is 0 Å². The Balaban J connectivity index is 1.89. The zero-order valence-corrected chi connectivity index (χ0v) is 12.4. The van der Waals surface area contributed by atoms with Crippen LogP contribution in [-0.4, -0.2) is 49.6 Å². The van der Waals surface area contributed by atoms with Crippen LogP contribution in [0.5, 0.6) is 0 Å². The molecule has 0 saturated carbocycles. The van der Waals surface area contributed by atoms with Gasteiger partial charge < -0.3 is 25.2 Å². The zero-order chi connectivity index (χ0) is 15.3. The summed E-state index contributed by atoms with van der Waals surface area (Å²) >= 11 is 1.28. The van der Waals surface area contributed by atoms with E-state index in [1.54, 1.807) is 24.6 Å². The maximum atomic E-state index is 11.9. The van der Waals surface area contributed by atoms with Crippen LogP contribution in [0.2, 0.25) is 0 Å². The molecule has 3 N–H and O–H groups in total. The molecule has 0 bridgehead atoms. The number of thiophene rings is 1. The summed E-state index contributed by atoms with van der Waals surface area (Å²) in [4.78, 5) is 23.7. The van der Waals surface area contributed by atoms with Crippen LogP contribution >= 0.6 is 11.3 Å². The van der Waals surface area contributed by atoms with Crippen LogP contribution in [0.4, 0.5) is 4.79 Å². The number of ether oxygens (including phenoxy) is 2. The Labute approximate surface area is 126 Å². The Kier molecular flexibility index (Phi) is 5.16. The molecule has 7 nitrogen and oxygen atoms in total. The minimum Gasteiger partial charge on any atom is -0.479 e. The smallest absolute Gasteiger partial charge is 0.331 e. The Morgan fingerprint density at radius 2 is 2.43 bits per heavy atom. The molecule has 1 aliphatic rings. The SMILES string of the molecule is COC1(CNC(=O)NC(C(=O)O)c2cccs2)CCOC1. The predicted molar refractivity (Wildman–Crippen MR) is 76.4 cm³/mol. The average Bonchev–Trinajstić information content (AvgIpc) is 3.14. The minimum atomic E-state index is -1.10. The van der Waals surface area contributed by atoms with E-state index in [2.05, 4.69) is 10.6 Å². The number of aliphatic carboxylic acids is 1. The number of carbonyl (C=O) groups is 2. The highest BCUT2D eigenvalue weighted by Gasteiger charge is 2.35. The average molecular weight is 314 g/mol. The van der Waals surface area contributed by atoms with Crippen LogP contribution in [0.25, 0.3) is 0 Å². The number of carboxylic acid groups (broad SMARTS) is 1. The van der Waals surface area contributed by atoms with Gasteiger partial charge in [0.1, 0.15) is 5.60 Å². The molecule has 8 heteroatoms. The molecular formula is C13H18N2O5S. The molecular weight excluding hydrogens is 296 g/mol. The standard InChI is InChI=1S/C13H18N2O5S/c1-19-13(4-5-20-8-13)7-14-12(18)15-10(11(16)17)9-3-2-6-21-9/h2-3,6,10H,4-5,7-8H2,1H3,(H,16,17)(H2,14,15,18). The molecule has 21 heavy (non-hydrogen) atoms. The van der Waals surface area contributed by atoms with E-state index in [9.17, 15) is 14.7 Å². The number of nitrogens with one attached hydrogen (secondary N) is 2. The lowest BCUT2D eigenvalue weighted by atomic mass is 10.0. The number of urea groups is 1. The van der Waals surface area contributed by atoms with Gasteiger partial charge in [-0.3, -0.25) is 0 Å². The fraction of sp³-hybridized carbons (Fsp3) is 0.538. The van der Waals surface area contributed by atoms with Crippen molar-refractivity contribution in [3.05, 3.63) is 22.4 Å². The first kappa shape index (κ1) is 15.7. The van der Waals surface area contributed by atoms with Crippen LogP contribution in [-0.2, 0) is 14.3 Å². The van der Waals surface area contributed by atoms with Crippen LogP contribution in [0.1, 0.15) is 17.3 Å². The highest BCUT2D eigenvalue weighted by Crippen LogP contribution is 2.22. The molecule has 116 valence electrons. The first-order chi connectivity index (χ1) is 10.1. The molecule has 0 spiro atoms. The molecule has 1 saturated heterocycles. The molecule has 1 fully saturated rings. The number of amides is 2. The molecule has 2 rings (SSSR count). The van der Waals surface area contributed by atoms with Gasteiger partial charge in [0.05, 0.1) is 13.2 Å². The van der Waals surface area contributed by atoms with Crippen LogP contribution in [0, 0.1) is 0 Å². The fourth-order valence-electron chi connectivity index (χ4n) is 2.09. The van der Waals surface area contributed by atoms with Crippen molar-refractivity contribution in [3.8, 4) is 0 Å². The molecule has 1 aliphatic heterocycles. The van der Waals surface area contributed by atoms with Gasteiger partial charge in [0.2, 0.25) is 0 Å². The van der Waals surface area contributed by atoms with Crippen LogP contribution in [0.3, 0.4) is 0 Å². The normalized spacial score (nSPS) is 22.7. The Hall–Kier alpha value is -1.64. The van der Waals surface area contributed by atoms with Gasteiger partial charge in [-0.25, -0.2) is 9.59 Å². The van der Waals surface area contributed by atoms with Gasteiger partial charge in [0.25, 0.3) is 0 Å². The summed E-state index contributed by atoms with van der Waals surface area (Å²) in [5.41, 5.74) is -0.529. The van der Waals surface area contributed by atoms with E-state index in [-0.39, 0.29) is 6.54 Å². The van der Waals surface area contributed by atoms with Crippen molar-refractivity contribution >= 4 is 23.3 Å². The lowest BCUT2D eigenvalue weighted by Gasteiger charge is -2.26. The van der Waals surface area contributed by atoms with Crippen molar-refractivity contribution in [2.75, 3.05) is 26.9 Å². The van der Waals surface area contributed by atoms with Gasteiger partial charge >= 0.3 is 12.0 Å². The van der Waals surface area contributed by atoms with Crippen molar-refractivity contribution in [1.29, 1.82) is 0 Å². The Morgan fingerprint density at radius 3 is 2.95 bits per heavy atom. The molecule has 0 aliphatic carbocycles. The molecule has 0 aromatic carbocycles. The highest BCUT2D eigenvalue weighted by molar-refractivity contribution is 7.10. The summed E-state index contributed by atoms with van der Waals surface area (Å²) in [6, 6.07) is 1.82. The van der Waals surface area contributed by atoms with Crippen molar-refractivity contribution in [2.45, 2.75) is 18.1 Å². The molecule has 1 aromatic rings. The van der Waals surface area contributed by atoms with Crippen LogP contribution in [0.15, 0.2) is 17.5 Å². The lowest BCUT2D eigenvalue weighted by Crippen LogP contribution is -2.49. The van der Waals surface area contributed by atoms with E-state index in [1.165, 1.54) is 11.3 Å². The summed E-state index contributed by atoms with van der Waals surface area (Å²) in [5.74, 6) is -1.10. The van der Waals surface area contributed by atoms with Gasteiger partial charge in [-0.1, -0.05) is 6.07 Å². The predicted octanol–water partition coefficient (Wildman–Crippen LogP) is 0.979. The van der Waals surface area contributed by atoms with Gasteiger partial charge in [-0.15, -0.1) is 11.3 Å². The largest absolute Gasteiger partial charge is 0.479 e. The lowest BCUT2D eigenvalue weighted by molar-refractivity contribution is -0.139. The Morgan fingerprint density at radius 1 is 1.62 bits per heavy atom. The molecule has 2 heterocycles. The summed E-state index contributed by atoms with van der Waals surface area (Å²) < 4.78 is 10.7. The minimum absolute atomic E-state index is 0.270. The Bertz CT molecular complexity index is 485. The summed E-state index contributed by atoms with van der Waals surface area (Å²) in [7, 11) is 1.57. The van der Waals surface area contributed by atoms with Gasteiger partial charge in [0.15, 0.2) is 6.04 Å². The van der Waals surface area contributed by atoms with Gasteiger partial charge in [0, 0.05) is 25.0 Å². The monoisotopic (exact) mass is 314 g/mol. The number of carboxylic acids is 1. The second-order valence-electron chi connectivity index (χ2n) is 4.80. The highest BCUT2D eigenvalue weighted by atomic mass is 32.1. The molecule has 2 amide bonds. The fourth-order valence-corrected chi connectivity index (χ4v) is 2.86. The first-order valence-electron chi connectivity index (χ1n) is 6.50. The molecule has 1 aromatic heterocycles. The second-order valence-corrected chi connectivity index (χ2v) is 5.78. The number of methoxy groups -OCH3 is 1. The van der Waals surface area contributed by atoms with Gasteiger partial charge in [-0.05, 0) is 11.4 Å². The van der Waals surface area contributed by atoms with E-state index in [4.69, 9.17) is 9.47 Å². The van der Waals surface area contributed by atoms with Crippen molar-refractivity contribution in [3.63, 3.8) is 0 Å². The van der Waals surface area contributed by atoms with E-state index in [1.807, 2.05) is 0 Å². The summed E-state index contributed by atoms with van der Waals surface area (Å²) in [6.45, 7) is 1.27. The van der Waals surface area contributed by atoms with E-state index < -0.39 is 23.6 Å². The topological polar surface area (TPSA) is 96.9 Å². The summed E-state index contributed by atoms with van der Waals surface area (Å²) in [5, 5.41) is 16.1. The number of hydrogen-bond acceptors (Lipinski definition) is 5. The van der Waals surface area contributed by atoms with Crippen molar-refractivity contribution < 1.29 is 24.2 Å². The number of carbonyl (C=O) groups excluding carboxylic acids is 1. The van der Waals surface area contributed by atoms with E-state index in [0.717, 1.165) is 0 Å². The molecule has 0 radical (unpaired) electrons. The third-order valence-electron chi connectivity index (χ3n) is 3.42. The van der Waals surface area contributed by atoms with Crippen molar-refractivity contribution in [2.24, 2.45) is 0 Å². The number of hydrogen-bond donors (Lipinski definition) is 3. The number of rotatable bonds is 6. The van der Waals surface area contributed by atoms with Crippen LogP contribution < -0.4 is 10.6 Å². The van der Waals surface area contributed by atoms with Crippen molar-refractivity contribution in [1.82, 2.24) is 10.6 Å². The maximum Gasteiger partial charge on any atom is 0.331 e. The molecule has 2 unspecified atom stereocenters. The third-order valence-corrected chi connectivity index (χ3v) is 4.36. The first-order valence-corrected chi connectivity index (χ1v) is 7.38. The summed E-state index contributed by atoms with van der Waals surface area (Å²) in [6.07, 6.45) is 0.692. The maximum absolute atomic E-state index is 11.9. The quantitative estimate of drug-likeness (QED) is 0.727. The van der Waals surface area contributed by atoms with E-state index >= 15 is 0 Å². The zero-order valence-electron chi connectivity index (χ0n) is 11.6. The second kappa shape index (κ2) is 6.88.